The van der Waals surface area contributed by atoms with E-state index in [1.54, 1.807) is 18.2 Å². The van der Waals surface area contributed by atoms with Gasteiger partial charge < -0.3 is 5.32 Å². The lowest BCUT2D eigenvalue weighted by Crippen LogP contribution is -2.60. The molecule has 2 atom stereocenters. The monoisotopic (exact) mass is 358 g/mol. The smallest absolute Gasteiger partial charge is 0.250 e. The average Bonchev–Trinajstić information content (AvgIpc) is 2.43. The second kappa shape index (κ2) is 6.14. The maximum atomic E-state index is 12.6. The lowest BCUT2D eigenvalue weighted by atomic mass is 9.96. The fourth-order valence-corrected chi connectivity index (χ4v) is 2.76. The Hall–Kier alpha value is -1.07. The van der Waals surface area contributed by atoms with Gasteiger partial charge in [-0.3, -0.25) is 14.5 Å². The fraction of sp³-hybridized carbons (Fsp3) is 0.429. The molecule has 0 spiro atoms. The number of anilines is 1. The van der Waals surface area contributed by atoms with Gasteiger partial charge in [0.2, 0.25) is 11.8 Å². The molecular weight excluding hydrogens is 344 g/mol. The zero-order valence-corrected chi connectivity index (χ0v) is 13.7. The van der Waals surface area contributed by atoms with E-state index in [-0.39, 0.29) is 24.3 Å². The normalized spacial score (nSPS) is 20.8. The lowest BCUT2D eigenvalue weighted by molar-refractivity contribution is -0.132. The summed E-state index contributed by atoms with van der Waals surface area (Å²) >= 11 is 9.52. The molecule has 0 radical (unpaired) electrons. The van der Waals surface area contributed by atoms with E-state index in [9.17, 15) is 9.59 Å². The maximum Gasteiger partial charge on any atom is 0.250 e. The van der Waals surface area contributed by atoms with Gasteiger partial charge in [-0.15, -0.1) is 0 Å². The molecule has 0 aliphatic carbocycles. The first-order valence-electron chi connectivity index (χ1n) is 6.49. The molecule has 1 fully saturated rings. The number of carbonyl (C=O) groups excluding carboxylic acids is 2. The van der Waals surface area contributed by atoms with Gasteiger partial charge in [-0.2, -0.15) is 0 Å². The Kier molecular flexibility index (Phi) is 4.70. The Morgan fingerprint density at radius 1 is 1.50 bits per heavy atom. The quantitative estimate of drug-likeness (QED) is 0.902. The van der Waals surface area contributed by atoms with Crippen LogP contribution in [0.1, 0.15) is 20.3 Å². The van der Waals surface area contributed by atoms with Crippen LogP contribution in [0.15, 0.2) is 22.7 Å². The second-order valence-corrected chi connectivity index (χ2v) is 6.27. The number of halogens is 2. The molecule has 1 aromatic carbocycles. The maximum absolute atomic E-state index is 12.6. The molecule has 4 nitrogen and oxygen atoms in total. The van der Waals surface area contributed by atoms with Crippen LogP contribution in [0.4, 0.5) is 5.69 Å². The number of nitrogens with zero attached hydrogens (tertiary/aromatic N) is 1. The van der Waals surface area contributed by atoms with Gasteiger partial charge in [-0.1, -0.05) is 47.8 Å². The van der Waals surface area contributed by atoms with Crippen LogP contribution in [-0.4, -0.2) is 24.4 Å². The molecule has 6 heteroatoms. The summed E-state index contributed by atoms with van der Waals surface area (Å²) in [5.41, 5.74) is 0.564. The molecular formula is C14H16BrClN2O2. The molecule has 1 N–H and O–H groups in total. The van der Waals surface area contributed by atoms with Crippen molar-refractivity contribution in [3.63, 3.8) is 0 Å². The molecule has 0 saturated carbocycles. The summed E-state index contributed by atoms with van der Waals surface area (Å²) in [6, 6.07) is 4.77. The molecule has 2 amide bonds. The molecule has 20 heavy (non-hydrogen) atoms. The number of benzene rings is 1. The number of nitrogens with one attached hydrogen (secondary N) is 1. The summed E-state index contributed by atoms with van der Waals surface area (Å²) in [6.07, 6.45) is 0.816. The molecule has 108 valence electrons. The Bertz CT molecular complexity index is 550. The predicted octanol–water partition coefficient (Wildman–Crippen LogP) is 2.98. The molecule has 0 bridgehead atoms. The van der Waals surface area contributed by atoms with Gasteiger partial charge >= 0.3 is 0 Å². The van der Waals surface area contributed by atoms with E-state index in [1.807, 2.05) is 13.8 Å². The summed E-state index contributed by atoms with van der Waals surface area (Å²) in [6.45, 7) is 3.95. The summed E-state index contributed by atoms with van der Waals surface area (Å²) in [4.78, 5) is 25.9. The first-order chi connectivity index (χ1) is 9.43. The summed E-state index contributed by atoms with van der Waals surface area (Å²) in [5, 5.41) is 3.22. The first-order valence-corrected chi connectivity index (χ1v) is 7.67. The van der Waals surface area contributed by atoms with Crippen molar-refractivity contribution in [3.05, 3.63) is 27.7 Å². The SMILES string of the molecule is CCC(C)C1NC(=O)CN(c2cc(Br)ccc2Cl)C1=O. The van der Waals surface area contributed by atoms with Crippen LogP contribution in [0.3, 0.4) is 0 Å². The van der Waals surface area contributed by atoms with Crippen LogP contribution in [0, 0.1) is 5.92 Å². The first kappa shape index (κ1) is 15.3. The van der Waals surface area contributed by atoms with Crippen molar-refractivity contribution in [3.8, 4) is 0 Å². The number of hydrogen-bond donors (Lipinski definition) is 1. The van der Waals surface area contributed by atoms with Gasteiger partial charge in [0.25, 0.3) is 0 Å². The zero-order chi connectivity index (χ0) is 14.9. The summed E-state index contributed by atoms with van der Waals surface area (Å²) < 4.78 is 0.816. The van der Waals surface area contributed by atoms with E-state index < -0.39 is 6.04 Å². The van der Waals surface area contributed by atoms with Crippen molar-refractivity contribution in [2.24, 2.45) is 5.92 Å². The lowest BCUT2D eigenvalue weighted by Gasteiger charge is -2.35. The van der Waals surface area contributed by atoms with Crippen molar-refractivity contribution in [1.82, 2.24) is 5.32 Å². The van der Waals surface area contributed by atoms with E-state index in [1.165, 1.54) is 4.90 Å². The third-order valence-electron chi connectivity index (χ3n) is 3.56. The van der Waals surface area contributed by atoms with Crippen LogP contribution < -0.4 is 10.2 Å². The van der Waals surface area contributed by atoms with E-state index in [0.717, 1.165) is 10.9 Å². The minimum Gasteiger partial charge on any atom is -0.342 e. The van der Waals surface area contributed by atoms with Crippen molar-refractivity contribution < 1.29 is 9.59 Å². The highest BCUT2D eigenvalue weighted by atomic mass is 79.9. The fourth-order valence-electron chi connectivity index (χ4n) is 2.19. The van der Waals surface area contributed by atoms with Crippen LogP contribution >= 0.6 is 27.5 Å². The van der Waals surface area contributed by atoms with Crippen LogP contribution in [-0.2, 0) is 9.59 Å². The third kappa shape index (κ3) is 2.99. The largest absolute Gasteiger partial charge is 0.342 e. The molecule has 1 heterocycles. The van der Waals surface area contributed by atoms with Crippen molar-refractivity contribution >= 4 is 45.0 Å². The third-order valence-corrected chi connectivity index (χ3v) is 4.38. The Morgan fingerprint density at radius 2 is 2.20 bits per heavy atom. The van der Waals surface area contributed by atoms with E-state index >= 15 is 0 Å². The van der Waals surface area contributed by atoms with E-state index in [4.69, 9.17) is 11.6 Å². The number of carbonyl (C=O) groups is 2. The molecule has 1 aromatic rings. The Morgan fingerprint density at radius 3 is 2.85 bits per heavy atom. The van der Waals surface area contributed by atoms with E-state index in [0.29, 0.717) is 10.7 Å². The van der Waals surface area contributed by atoms with Crippen molar-refractivity contribution in [1.29, 1.82) is 0 Å². The Labute approximate surface area is 131 Å². The van der Waals surface area contributed by atoms with Gasteiger partial charge in [0.15, 0.2) is 0 Å². The molecule has 1 saturated heterocycles. The number of piperazine rings is 1. The number of amides is 2. The minimum absolute atomic E-state index is 0.00193. The molecule has 1 aliphatic rings. The predicted molar refractivity (Wildman–Crippen MR) is 82.9 cm³/mol. The topological polar surface area (TPSA) is 49.4 Å². The van der Waals surface area contributed by atoms with Crippen LogP contribution in [0.2, 0.25) is 5.02 Å². The second-order valence-electron chi connectivity index (χ2n) is 4.95. The van der Waals surface area contributed by atoms with E-state index in [2.05, 4.69) is 21.2 Å². The number of rotatable bonds is 3. The van der Waals surface area contributed by atoms with Gasteiger partial charge in [-0.25, -0.2) is 0 Å². The van der Waals surface area contributed by atoms with Gasteiger partial charge in [0.05, 0.1) is 10.7 Å². The number of hydrogen-bond acceptors (Lipinski definition) is 2. The average molecular weight is 360 g/mol. The standard InChI is InChI=1S/C14H16BrClN2O2/c1-3-8(2)13-14(20)18(7-12(19)17-13)11-6-9(15)4-5-10(11)16/h4-6,8,13H,3,7H2,1-2H3,(H,17,19). The molecule has 2 rings (SSSR count). The van der Waals surface area contributed by atoms with Crippen molar-refractivity contribution in [2.75, 3.05) is 11.4 Å². The minimum atomic E-state index is -0.490. The highest BCUT2D eigenvalue weighted by Gasteiger charge is 2.36. The highest BCUT2D eigenvalue weighted by molar-refractivity contribution is 9.10. The molecule has 1 aliphatic heterocycles. The zero-order valence-electron chi connectivity index (χ0n) is 11.3. The highest BCUT2D eigenvalue weighted by Crippen LogP contribution is 2.31. The van der Waals surface area contributed by atoms with Crippen LogP contribution in [0.5, 0.6) is 0 Å². The summed E-state index contributed by atoms with van der Waals surface area (Å²) in [5.74, 6) is -0.190. The summed E-state index contributed by atoms with van der Waals surface area (Å²) in [7, 11) is 0. The molecule has 2 unspecified atom stereocenters. The Balaban J connectivity index is 2.37. The van der Waals surface area contributed by atoms with Gasteiger partial charge in [0.1, 0.15) is 12.6 Å². The van der Waals surface area contributed by atoms with Gasteiger partial charge in [-0.05, 0) is 24.1 Å². The van der Waals surface area contributed by atoms with Crippen molar-refractivity contribution in [2.45, 2.75) is 26.3 Å². The van der Waals surface area contributed by atoms with Gasteiger partial charge in [0, 0.05) is 4.47 Å². The van der Waals surface area contributed by atoms with Crippen LogP contribution in [0.25, 0.3) is 0 Å². The molecule has 0 aromatic heterocycles.